The Morgan fingerprint density at radius 2 is 1.80 bits per heavy atom. The molecule has 5 heteroatoms. The van der Waals surface area contributed by atoms with Crippen molar-refractivity contribution in [2.75, 3.05) is 26.2 Å². The molecule has 2 aliphatic rings. The summed E-state index contributed by atoms with van der Waals surface area (Å²) in [5, 5.41) is 1.18. The summed E-state index contributed by atoms with van der Waals surface area (Å²) >= 11 is 3.68. The van der Waals surface area contributed by atoms with E-state index in [2.05, 4.69) is 49.4 Å². The zero-order valence-corrected chi connectivity index (χ0v) is 16.5. The van der Waals surface area contributed by atoms with Gasteiger partial charge in [0.2, 0.25) is 5.91 Å². The largest absolute Gasteiger partial charge is 0.341 e. The van der Waals surface area contributed by atoms with Crippen molar-refractivity contribution < 1.29 is 4.79 Å². The van der Waals surface area contributed by atoms with Gasteiger partial charge in [-0.15, -0.1) is 0 Å². The van der Waals surface area contributed by atoms with Crippen molar-refractivity contribution in [3.8, 4) is 0 Å². The molecule has 0 bridgehead atoms. The minimum atomic E-state index is 0.247. The van der Waals surface area contributed by atoms with E-state index in [4.69, 9.17) is 0 Å². The summed E-state index contributed by atoms with van der Waals surface area (Å²) in [6, 6.07) is 8.97. The van der Waals surface area contributed by atoms with Crippen LogP contribution in [0.1, 0.15) is 31.4 Å². The third-order valence-corrected chi connectivity index (χ3v) is 6.92. The molecular weight excluding hydrogens is 378 g/mol. The lowest BCUT2D eigenvalue weighted by Gasteiger charge is -2.36. The number of aromatic nitrogens is 1. The molecule has 0 atom stereocenters. The summed E-state index contributed by atoms with van der Waals surface area (Å²) in [5.74, 6) is 0.247. The lowest BCUT2D eigenvalue weighted by molar-refractivity contribution is -0.133. The molecule has 0 saturated carbocycles. The van der Waals surface area contributed by atoms with Crippen molar-refractivity contribution in [2.24, 2.45) is 0 Å². The van der Waals surface area contributed by atoms with E-state index in [-0.39, 0.29) is 5.91 Å². The van der Waals surface area contributed by atoms with Gasteiger partial charge in [0, 0.05) is 40.2 Å². The Labute approximate surface area is 157 Å². The van der Waals surface area contributed by atoms with Gasteiger partial charge >= 0.3 is 0 Å². The monoisotopic (exact) mass is 403 g/mol. The van der Waals surface area contributed by atoms with E-state index in [0.717, 1.165) is 41.6 Å². The highest BCUT2D eigenvalue weighted by atomic mass is 79.9. The number of fused-ring (bicyclic) bond motifs is 1. The zero-order chi connectivity index (χ0) is 17.4. The Bertz CT molecular complexity index is 771. The van der Waals surface area contributed by atoms with Gasteiger partial charge in [-0.25, -0.2) is 0 Å². The van der Waals surface area contributed by atoms with Crippen molar-refractivity contribution in [3.05, 3.63) is 34.4 Å². The number of likely N-dealkylation sites (tertiary alicyclic amines) is 2. The Morgan fingerprint density at radius 1 is 1.12 bits per heavy atom. The number of carbonyl (C=O) groups is 1. The average Bonchev–Trinajstić information content (AvgIpc) is 3.26. The Hall–Kier alpha value is -1.33. The highest BCUT2D eigenvalue weighted by Gasteiger charge is 2.28. The lowest BCUT2D eigenvalue weighted by Crippen LogP contribution is -2.46. The predicted octanol–water partition coefficient (Wildman–Crippen LogP) is 3.80. The van der Waals surface area contributed by atoms with Crippen molar-refractivity contribution in [2.45, 2.75) is 45.2 Å². The van der Waals surface area contributed by atoms with E-state index in [9.17, 15) is 4.79 Å². The van der Waals surface area contributed by atoms with Crippen molar-refractivity contribution in [1.82, 2.24) is 14.4 Å². The molecule has 1 amide bonds. The molecule has 0 radical (unpaired) electrons. The fraction of sp³-hybridized carbons (Fsp3) is 0.550. The fourth-order valence-electron chi connectivity index (χ4n) is 4.41. The second kappa shape index (κ2) is 7.12. The molecule has 0 N–H and O–H groups in total. The third kappa shape index (κ3) is 3.24. The molecule has 4 rings (SSSR count). The minimum Gasteiger partial charge on any atom is -0.341 e. The van der Waals surface area contributed by atoms with Gasteiger partial charge in [0.05, 0.1) is 0 Å². The number of carbonyl (C=O) groups excluding carboxylic acids is 1. The molecule has 2 aliphatic heterocycles. The molecule has 134 valence electrons. The van der Waals surface area contributed by atoms with E-state index < -0.39 is 0 Å². The first kappa shape index (κ1) is 17.1. The van der Waals surface area contributed by atoms with Crippen LogP contribution in [0.5, 0.6) is 0 Å². The predicted molar refractivity (Wildman–Crippen MR) is 105 cm³/mol. The van der Waals surface area contributed by atoms with Gasteiger partial charge in [-0.1, -0.05) is 18.2 Å². The Kier molecular flexibility index (Phi) is 4.87. The average molecular weight is 404 g/mol. The van der Waals surface area contributed by atoms with Crippen LogP contribution < -0.4 is 0 Å². The highest BCUT2D eigenvalue weighted by Crippen LogP contribution is 2.30. The molecule has 0 spiro atoms. The molecule has 2 saturated heterocycles. The van der Waals surface area contributed by atoms with Gasteiger partial charge < -0.3 is 14.4 Å². The molecule has 0 aliphatic carbocycles. The van der Waals surface area contributed by atoms with Crippen LogP contribution in [0.4, 0.5) is 0 Å². The number of piperidine rings is 1. The van der Waals surface area contributed by atoms with Crippen LogP contribution >= 0.6 is 15.9 Å². The first-order valence-corrected chi connectivity index (χ1v) is 10.2. The minimum absolute atomic E-state index is 0.247. The van der Waals surface area contributed by atoms with Gasteiger partial charge in [0.1, 0.15) is 6.54 Å². The van der Waals surface area contributed by atoms with Gasteiger partial charge in [-0.05, 0) is 67.7 Å². The molecule has 4 nitrogen and oxygen atoms in total. The highest BCUT2D eigenvalue weighted by molar-refractivity contribution is 9.10. The normalized spacial score (nSPS) is 19.8. The second-order valence-electron chi connectivity index (χ2n) is 7.36. The lowest BCUT2D eigenvalue weighted by atomic mass is 10.0. The maximum absolute atomic E-state index is 12.9. The quantitative estimate of drug-likeness (QED) is 0.779. The number of benzene rings is 1. The number of halogens is 1. The SMILES string of the molecule is Cc1c(Br)c2ccccc2n1CC(=O)N1CCC(N2CCCC2)CC1. The number of hydrogen-bond acceptors (Lipinski definition) is 2. The van der Waals surface area contributed by atoms with E-state index in [1.807, 2.05) is 12.1 Å². The summed E-state index contributed by atoms with van der Waals surface area (Å²) in [6.45, 7) is 6.82. The van der Waals surface area contributed by atoms with Gasteiger partial charge in [0.15, 0.2) is 0 Å². The first-order chi connectivity index (χ1) is 12.1. The van der Waals surface area contributed by atoms with Crippen LogP contribution in [0.3, 0.4) is 0 Å². The maximum atomic E-state index is 12.9. The number of nitrogens with zero attached hydrogens (tertiary/aromatic N) is 3. The molecule has 25 heavy (non-hydrogen) atoms. The van der Waals surface area contributed by atoms with Crippen LogP contribution in [0, 0.1) is 6.92 Å². The van der Waals surface area contributed by atoms with E-state index in [1.54, 1.807) is 0 Å². The summed E-state index contributed by atoms with van der Waals surface area (Å²) in [7, 11) is 0. The Morgan fingerprint density at radius 3 is 2.52 bits per heavy atom. The van der Waals surface area contributed by atoms with Crippen LogP contribution in [0.15, 0.2) is 28.7 Å². The number of hydrogen-bond donors (Lipinski definition) is 0. The second-order valence-corrected chi connectivity index (χ2v) is 8.15. The summed E-state index contributed by atoms with van der Waals surface area (Å²) in [4.78, 5) is 17.6. The van der Waals surface area contributed by atoms with Crippen molar-refractivity contribution in [1.29, 1.82) is 0 Å². The van der Waals surface area contributed by atoms with Crippen molar-refractivity contribution >= 4 is 32.7 Å². The Balaban J connectivity index is 1.44. The first-order valence-electron chi connectivity index (χ1n) is 9.40. The van der Waals surface area contributed by atoms with Crippen LogP contribution in [0.25, 0.3) is 10.9 Å². The summed E-state index contributed by atoms with van der Waals surface area (Å²) in [5.41, 5.74) is 2.26. The summed E-state index contributed by atoms with van der Waals surface area (Å²) in [6.07, 6.45) is 4.93. The van der Waals surface area contributed by atoms with E-state index in [1.165, 1.54) is 31.3 Å². The molecule has 2 aromatic rings. The van der Waals surface area contributed by atoms with Gasteiger partial charge in [-0.3, -0.25) is 4.79 Å². The van der Waals surface area contributed by atoms with Crippen LogP contribution in [0.2, 0.25) is 0 Å². The molecule has 0 unspecified atom stereocenters. The standard InChI is InChI=1S/C20H26BrN3O/c1-15-20(21)17-6-2-3-7-18(17)24(15)14-19(25)23-12-8-16(9-13-23)22-10-4-5-11-22/h2-3,6-7,16H,4-5,8-14H2,1H3. The summed E-state index contributed by atoms with van der Waals surface area (Å²) < 4.78 is 3.25. The number of rotatable bonds is 3. The number of para-hydroxylation sites is 1. The van der Waals surface area contributed by atoms with Crippen LogP contribution in [-0.4, -0.2) is 52.5 Å². The zero-order valence-electron chi connectivity index (χ0n) is 14.9. The molecular formula is C20H26BrN3O. The van der Waals surface area contributed by atoms with Crippen LogP contribution in [-0.2, 0) is 11.3 Å². The van der Waals surface area contributed by atoms with E-state index in [0.29, 0.717) is 12.6 Å². The molecule has 1 aromatic carbocycles. The fourth-order valence-corrected chi connectivity index (χ4v) is 4.96. The maximum Gasteiger partial charge on any atom is 0.242 e. The van der Waals surface area contributed by atoms with Gasteiger partial charge in [-0.2, -0.15) is 0 Å². The smallest absolute Gasteiger partial charge is 0.242 e. The van der Waals surface area contributed by atoms with Gasteiger partial charge in [0.25, 0.3) is 0 Å². The molecule has 1 aromatic heterocycles. The van der Waals surface area contributed by atoms with Crippen molar-refractivity contribution in [3.63, 3.8) is 0 Å². The molecule has 3 heterocycles. The third-order valence-electron chi connectivity index (χ3n) is 5.92. The van der Waals surface area contributed by atoms with E-state index >= 15 is 0 Å². The molecule has 2 fully saturated rings. The number of amides is 1. The topological polar surface area (TPSA) is 28.5 Å².